The molecule has 2 N–H and O–H groups in total. The molecule has 0 unspecified atom stereocenters. The van der Waals surface area contributed by atoms with Gasteiger partial charge in [-0.2, -0.15) is 0 Å². The topological polar surface area (TPSA) is 71.3 Å². The third kappa shape index (κ3) is 3.62. The second-order valence-corrected chi connectivity index (χ2v) is 6.34. The number of aliphatic carboxylic acids is 1. The van der Waals surface area contributed by atoms with Gasteiger partial charge in [0.1, 0.15) is 5.69 Å². The molecule has 20 heavy (non-hydrogen) atoms. The van der Waals surface area contributed by atoms with Crippen LogP contribution in [0.1, 0.15) is 36.2 Å². The number of carboxylic acids is 1. The van der Waals surface area contributed by atoms with Crippen LogP contribution in [0.4, 0.5) is 0 Å². The molecule has 0 atom stereocenters. The van der Waals surface area contributed by atoms with Crippen LogP contribution in [0, 0.1) is 11.8 Å². The quantitative estimate of drug-likeness (QED) is 0.882. The number of aryl methyl sites for hydroxylation is 1. The van der Waals surface area contributed by atoms with E-state index in [1.165, 1.54) is 0 Å². The molecule has 1 amide bonds. The van der Waals surface area contributed by atoms with Crippen molar-refractivity contribution in [3.05, 3.63) is 22.4 Å². The number of amides is 1. The van der Waals surface area contributed by atoms with E-state index in [9.17, 15) is 9.59 Å². The molecule has 110 valence electrons. The largest absolute Gasteiger partial charge is 0.481 e. The minimum absolute atomic E-state index is 0.0847. The van der Waals surface area contributed by atoms with Crippen molar-refractivity contribution in [1.29, 1.82) is 0 Å². The summed E-state index contributed by atoms with van der Waals surface area (Å²) in [5, 5.41) is 11.9. The highest BCUT2D eigenvalue weighted by atomic mass is 79.9. The second kappa shape index (κ2) is 6.43. The van der Waals surface area contributed by atoms with Crippen LogP contribution in [-0.4, -0.2) is 28.1 Å². The molecule has 0 radical (unpaired) electrons. The lowest BCUT2D eigenvalue weighted by molar-refractivity contribution is -0.143. The van der Waals surface area contributed by atoms with Gasteiger partial charge >= 0.3 is 5.97 Å². The molecular formula is C14H19BrN2O3. The molecule has 1 heterocycles. The molecule has 0 aliphatic heterocycles. The number of aromatic nitrogens is 1. The van der Waals surface area contributed by atoms with Crippen molar-refractivity contribution in [2.45, 2.75) is 25.7 Å². The van der Waals surface area contributed by atoms with Crippen LogP contribution in [0.3, 0.4) is 0 Å². The SMILES string of the molecule is Cn1cc(Br)cc1C(=O)NCC1CCC(C(=O)O)CC1. The van der Waals surface area contributed by atoms with E-state index in [0.717, 1.165) is 17.3 Å². The number of hydrogen-bond acceptors (Lipinski definition) is 2. The number of halogens is 1. The van der Waals surface area contributed by atoms with Crippen LogP contribution in [0.5, 0.6) is 0 Å². The van der Waals surface area contributed by atoms with Crippen molar-refractivity contribution in [2.24, 2.45) is 18.9 Å². The van der Waals surface area contributed by atoms with Gasteiger partial charge < -0.3 is 15.0 Å². The predicted octanol–water partition coefficient (Wildman–Crippen LogP) is 2.41. The molecule has 0 bridgehead atoms. The van der Waals surface area contributed by atoms with E-state index in [4.69, 9.17) is 5.11 Å². The number of carbonyl (C=O) groups excluding carboxylic acids is 1. The Morgan fingerprint density at radius 3 is 2.55 bits per heavy atom. The molecule has 0 spiro atoms. The summed E-state index contributed by atoms with van der Waals surface area (Å²) in [5.74, 6) is -0.594. The fourth-order valence-corrected chi connectivity index (χ4v) is 3.22. The zero-order valence-electron chi connectivity index (χ0n) is 11.4. The number of rotatable bonds is 4. The lowest BCUT2D eigenvalue weighted by atomic mass is 9.82. The summed E-state index contributed by atoms with van der Waals surface area (Å²) in [6.45, 7) is 0.619. The normalized spacial score (nSPS) is 22.5. The molecule has 5 nitrogen and oxygen atoms in total. The molecular weight excluding hydrogens is 324 g/mol. The van der Waals surface area contributed by atoms with Crippen molar-refractivity contribution in [3.8, 4) is 0 Å². The first-order valence-electron chi connectivity index (χ1n) is 6.80. The summed E-state index contributed by atoms with van der Waals surface area (Å²) < 4.78 is 2.66. The molecule has 1 fully saturated rings. The Balaban J connectivity index is 1.80. The van der Waals surface area contributed by atoms with Crippen LogP contribution in [0.2, 0.25) is 0 Å². The van der Waals surface area contributed by atoms with Crippen LogP contribution in [-0.2, 0) is 11.8 Å². The highest BCUT2D eigenvalue weighted by molar-refractivity contribution is 9.10. The van der Waals surface area contributed by atoms with Gasteiger partial charge in [-0.15, -0.1) is 0 Å². The first kappa shape index (κ1) is 15.1. The average Bonchev–Trinajstić information content (AvgIpc) is 2.75. The highest BCUT2D eigenvalue weighted by Crippen LogP contribution is 2.28. The Morgan fingerprint density at radius 1 is 1.40 bits per heavy atom. The Kier molecular flexibility index (Phi) is 4.86. The van der Waals surface area contributed by atoms with Crippen LogP contribution in [0.25, 0.3) is 0 Å². The highest BCUT2D eigenvalue weighted by Gasteiger charge is 2.26. The van der Waals surface area contributed by atoms with Gasteiger partial charge in [-0.3, -0.25) is 9.59 Å². The molecule has 0 aromatic carbocycles. The van der Waals surface area contributed by atoms with Crippen molar-refractivity contribution in [3.63, 3.8) is 0 Å². The van der Waals surface area contributed by atoms with Crippen LogP contribution < -0.4 is 5.32 Å². The summed E-state index contributed by atoms with van der Waals surface area (Å²) in [6, 6.07) is 1.79. The maximum atomic E-state index is 12.0. The minimum Gasteiger partial charge on any atom is -0.481 e. The maximum absolute atomic E-state index is 12.0. The minimum atomic E-state index is -0.693. The first-order valence-corrected chi connectivity index (χ1v) is 7.59. The molecule has 0 saturated heterocycles. The maximum Gasteiger partial charge on any atom is 0.306 e. The molecule has 1 aliphatic rings. The van der Waals surface area contributed by atoms with Crippen molar-refractivity contribution in [1.82, 2.24) is 9.88 Å². The Hall–Kier alpha value is -1.30. The predicted molar refractivity (Wildman–Crippen MR) is 78.5 cm³/mol. The fraction of sp³-hybridized carbons (Fsp3) is 0.571. The van der Waals surface area contributed by atoms with Gasteiger partial charge in [-0.1, -0.05) is 0 Å². The smallest absolute Gasteiger partial charge is 0.306 e. The van der Waals surface area contributed by atoms with Gasteiger partial charge in [0.15, 0.2) is 0 Å². The van der Waals surface area contributed by atoms with E-state index in [1.807, 2.05) is 13.2 Å². The lowest BCUT2D eigenvalue weighted by Crippen LogP contribution is -2.33. The zero-order valence-corrected chi connectivity index (χ0v) is 13.0. The second-order valence-electron chi connectivity index (χ2n) is 5.42. The van der Waals surface area contributed by atoms with Gasteiger partial charge in [-0.05, 0) is 53.6 Å². The molecule has 6 heteroatoms. The average molecular weight is 343 g/mol. The number of nitrogens with one attached hydrogen (secondary N) is 1. The molecule has 1 aliphatic carbocycles. The van der Waals surface area contributed by atoms with Crippen molar-refractivity contribution < 1.29 is 14.7 Å². The number of carboxylic acid groups (broad SMARTS) is 1. The Morgan fingerprint density at radius 2 is 2.05 bits per heavy atom. The molecule has 2 rings (SSSR count). The van der Waals surface area contributed by atoms with Gasteiger partial charge in [0.05, 0.1) is 5.92 Å². The molecule has 1 aromatic heterocycles. The summed E-state index contributed by atoms with van der Waals surface area (Å²) in [4.78, 5) is 22.9. The number of hydrogen-bond donors (Lipinski definition) is 2. The monoisotopic (exact) mass is 342 g/mol. The van der Waals surface area contributed by atoms with Crippen LogP contribution >= 0.6 is 15.9 Å². The van der Waals surface area contributed by atoms with Gasteiger partial charge in [-0.25, -0.2) is 0 Å². The van der Waals surface area contributed by atoms with Gasteiger partial charge in [0.2, 0.25) is 0 Å². The number of nitrogens with zero attached hydrogens (tertiary/aromatic N) is 1. The van der Waals surface area contributed by atoms with Crippen molar-refractivity contribution in [2.75, 3.05) is 6.54 Å². The zero-order chi connectivity index (χ0) is 14.7. The van der Waals surface area contributed by atoms with Crippen molar-refractivity contribution >= 4 is 27.8 Å². The van der Waals surface area contributed by atoms with Gasteiger partial charge in [0.25, 0.3) is 5.91 Å². The molecule has 1 aromatic rings. The van der Waals surface area contributed by atoms with E-state index >= 15 is 0 Å². The third-order valence-electron chi connectivity index (χ3n) is 3.95. The third-order valence-corrected chi connectivity index (χ3v) is 4.39. The first-order chi connectivity index (χ1) is 9.47. The van der Waals surface area contributed by atoms with E-state index in [0.29, 0.717) is 31.0 Å². The number of carbonyl (C=O) groups is 2. The Labute approximate surface area is 126 Å². The lowest BCUT2D eigenvalue weighted by Gasteiger charge is -2.26. The standard InChI is InChI=1S/C14H19BrN2O3/c1-17-8-11(15)6-12(17)13(18)16-7-9-2-4-10(5-3-9)14(19)20/h6,8-10H,2-5,7H2,1H3,(H,16,18)(H,19,20). The van der Waals surface area contributed by atoms with E-state index in [1.54, 1.807) is 10.6 Å². The van der Waals surface area contributed by atoms with E-state index in [-0.39, 0.29) is 11.8 Å². The van der Waals surface area contributed by atoms with E-state index < -0.39 is 5.97 Å². The summed E-state index contributed by atoms with van der Waals surface area (Å²) in [7, 11) is 1.83. The fourth-order valence-electron chi connectivity index (χ4n) is 2.69. The summed E-state index contributed by atoms with van der Waals surface area (Å²) in [6.07, 6.45) is 5.01. The Bertz CT molecular complexity index is 505. The summed E-state index contributed by atoms with van der Waals surface area (Å²) in [5.41, 5.74) is 0.621. The van der Waals surface area contributed by atoms with Crippen LogP contribution in [0.15, 0.2) is 16.7 Å². The van der Waals surface area contributed by atoms with E-state index in [2.05, 4.69) is 21.2 Å². The van der Waals surface area contributed by atoms with Gasteiger partial charge in [0, 0.05) is 24.3 Å². The molecule has 1 saturated carbocycles. The summed E-state index contributed by atoms with van der Waals surface area (Å²) >= 11 is 3.34.